The molecule has 1 aromatic heterocycles. The molecule has 2 rings (SSSR count). The summed E-state index contributed by atoms with van der Waals surface area (Å²) in [5, 5.41) is 9.76. The molecular formula is C15H22ClN3O2. The Balaban J connectivity index is 2.00. The number of aliphatic hydroxyl groups is 1. The fourth-order valence-corrected chi connectivity index (χ4v) is 2.91. The van der Waals surface area contributed by atoms with Gasteiger partial charge in [-0.25, -0.2) is 4.98 Å². The number of aryl methyl sites for hydroxylation is 1. The Morgan fingerprint density at radius 2 is 2.05 bits per heavy atom. The Hall–Kier alpha value is -1.17. The standard InChI is InChI=1S/C15H22ClN3O2/c1-3-12(10-20)18-6-8-19(9-7-18)15(21)13-4-5-14(16)17-11(13)2/h4-5,12,20H,3,6-10H2,1-2H3. The summed E-state index contributed by atoms with van der Waals surface area (Å²) in [4.78, 5) is 20.7. The zero-order valence-electron chi connectivity index (χ0n) is 12.5. The van der Waals surface area contributed by atoms with Gasteiger partial charge in [0.1, 0.15) is 5.15 Å². The third-order valence-corrected chi connectivity index (χ3v) is 4.29. The SMILES string of the molecule is CCC(CO)N1CCN(C(=O)c2ccc(Cl)nc2C)CC1. The smallest absolute Gasteiger partial charge is 0.255 e. The van der Waals surface area contributed by atoms with Crippen LogP contribution in [0.1, 0.15) is 29.4 Å². The van der Waals surface area contributed by atoms with Crippen LogP contribution < -0.4 is 0 Å². The largest absolute Gasteiger partial charge is 0.395 e. The summed E-state index contributed by atoms with van der Waals surface area (Å²) in [6.45, 7) is 6.99. The molecule has 1 amide bonds. The number of nitrogens with zero attached hydrogens (tertiary/aromatic N) is 3. The second-order valence-corrected chi connectivity index (χ2v) is 5.73. The normalized spacial score (nSPS) is 17.8. The summed E-state index contributed by atoms with van der Waals surface area (Å²) in [7, 11) is 0. The van der Waals surface area contributed by atoms with Crippen molar-refractivity contribution in [3.63, 3.8) is 0 Å². The van der Waals surface area contributed by atoms with Crippen LogP contribution in [0.5, 0.6) is 0 Å². The molecule has 1 aromatic rings. The third kappa shape index (κ3) is 3.73. The van der Waals surface area contributed by atoms with Crippen molar-refractivity contribution in [1.82, 2.24) is 14.8 Å². The Morgan fingerprint density at radius 3 is 2.57 bits per heavy atom. The number of aliphatic hydroxyl groups excluding tert-OH is 1. The predicted octanol–water partition coefficient (Wildman–Crippen LogP) is 1.57. The predicted molar refractivity (Wildman–Crippen MR) is 82.6 cm³/mol. The molecule has 5 nitrogen and oxygen atoms in total. The zero-order chi connectivity index (χ0) is 15.4. The highest BCUT2D eigenvalue weighted by molar-refractivity contribution is 6.29. The van der Waals surface area contributed by atoms with Gasteiger partial charge in [0.15, 0.2) is 0 Å². The Morgan fingerprint density at radius 1 is 1.38 bits per heavy atom. The van der Waals surface area contributed by atoms with E-state index in [1.165, 1.54) is 0 Å². The van der Waals surface area contributed by atoms with Gasteiger partial charge in [0.2, 0.25) is 0 Å². The van der Waals surface area contributed by atoms with Gasteiger partial charge in [0.05, 0.1) is 17.9 Å². The van der Waals surface area contributed by atoms with Gasteiger partial charge in [-0.15, -0.1) is 0 Å². The lowest BCUT2D eigenvalue weighted by atomic mass is 10.1. The van der Waals surface area contributed by atoms with E-state index in [2.05, 4.69) is 16.8 Å². The first-order valence-electron chi connectivity index (χ1n) is 7.34. The van der Waals surface area contributed by atoms with Gasteiger partial charge in [-0.3, -0.25) is 9.69 Å². The van der Waals surface area contributed by atoms with Crippen LogP contribution in [0.15, 0.2) is 12.1 Å². The van der Waals surface area contributed by atoms with Gasteiger partial charge in [0.25, 0.3) is 5.91 Å². The van der Waals surface area contributed by atoms with Gasteiger partial charge in [-0.05, 0) is 25.5 Å². The number of amides is 1. The van der Waals surface area contributed by atoms with Crippen molar-refractivity contribution in [3.8, 4) is 0 Å². The molecule has 0 aliphatic carbocycles. The van der Waals surface area contributed by atoms with E-state index in [4.69, 9.17) is 11.6 Å². The minimum atomic E-state index is 0.00774. The van der Waals surface area contributed by atoms with Crippen molar-refractivity contribution in [3.05, 3.63) is 28.5 Å². The van der Waals surface area contributed by atoms with Crippen LogP contribution in [0.3, 0.4) is 0 Å². The molecule has 1 saturated heterocycles. The summed E-state index contributed by atoms with van der Waals surface area (Å²) >= 11 is 5.83. The second kappa shape index (κ2) is 7.20. The Labute approximate surface area is 130 Å². The van der Waals surface area contributed by atoms with Crippen molar-refractivity contribution < 1.29 is 9.90 Å². The average Bonchev–Trinajstić information content (AvgIpc) is 2.48. The summed E-state index contributed by atoms with van der Waals surface area (Å²) in [6.07, 6.45) is 0.921. The molecule has 1 atom stereocenters. The molecule has 1 aliphatic rings. The lowest BCUT2D eigenvalue weighted by Gasteiger charge is -2.38. The Kier molecular flexibility index (Phi) is 5.56. The molecular weight excluding hydrogens is 290 g/mol. The highest BCUT2D eigenvalue weighted by atomic mass is 35.5. The lowest BCUT2D eigenvalue weighted by molar-refractivity contribution is 0.0471. The van der Waals surface area contributed by atoms with Crippen molar-refractivity contribution in [2.75, 3.05) is 32.8 Å². The number of pyridine rings is 1. The van der Waals surface area contributed by atoms with Gasteiger partial charge in [-0.1, -0.05) is 18.5 Å². The van der Waals surface area contributed by atoms with E-state index in [1.54, 1.807) is 19.1 Å². The van der Waals surface area contributed by atoms with Crippen molar-refractivity contribution in [2.45, 2.75) is 26.3 Å². The number of rotatable bonds is 4. The number of aromatic nitrogens is 1. The quantitative estimate of drug-likeness (QED) is 0.858. The van der Waals surface area contributed by atoms with Crippen LogP contribution >= 0.6 is 11.6 Å². The molecule has 0 spiro atoms. The Bertz CT molecular complexity index is 498. The highest BCUT2D eigenvalue weighted by Crippen LogP contribution is 2.16. The van der Waals surface area contributed by atoms with E-state index < -0.39 is 0 Å². The summed E-state index contributed by atoms with van der Waals surface area (Å²) in [6, 6.07) is 3.58. The average molecular weight is 312 g/mol. The number of hydrogen-bond acceptors (Lipinski definition) is 4. The molecule has 1 unspecified atom stereocenters. The third-order valence-electron chi connectivity index (χ3n) is 4.08. The van der Waals surface area contributed by atoms with E-state index >= 15 is 0 Å². The van der Waals surface area contributed by atoms with Gasteiger partial charge in [0, 0.05) is 32.2 Å². The first kappa shape index (κ1) is 16.2. The highest BCUT2D eigenvalue weighted by Gasteiger charge is 2.26. The molecule has 6 heteroatoms. The number of halogens is 1. The topological polar surface area (TPSA) is 56.7 Å². The molecule has 0 bridgehead atoms. The number of hydrogen-bond donors (Lipinski definition) is 1. The van der Waals surface area contributed by atoms with Gasteiger partial charge >= 0.3 is 0 Å². The fraction of sp³-hybridized carbons (Fsp3) is 0.600. The summed E-state index contributed by atoms with van der Waals surface area (Å²) in [5.41, 5.74) is 1.28. The molecule has 1 fully saturated rings. The van der Waals surface area contributed by atoms with E-state index in [1.807, 2.05) is 4.90 Å². The van der Waals surface area contributed by atoms with Crippen LogP contribution in [0.25, 0.3) is 0 Å². The number of carbonyl (C=O) groups excluding carboxylic acids is 1. The maximum atomic E-state index is 12.5. The minimum Gasteiger partial charge on any atom is -0.395 e. The van der Waals surface area contributed by atoms with Crippen LogP contribution in [0, 0.1) is 6.92 Å². The second-order valence-electron chi connectivity index (χ2n) is 5.34. The minimum absolute atomic E-state index is 0.00774. The van der Waals surface area contributed by atoms with E-state index in [0.29, 0.717) is 29.5 Å². The van der Waals surface area contributed by atoms with E-state index in [-0.39, 0.29) is 18.6 Å². The van der Waals surface area contributed by atoms with Crippen molar-refractivity contribution in [1.29, 1.82) is 0 Å². The van der Waals surface area contributed by atoms with Crippen LogP contribution in [0.4, 0.5) is 0 Å². The summed E-state index contributed by atoms with van der Waals surface area (Å²) < 4.78 is 0. The molecule has 0 saturated carbocycles. The fourth-order valence-electron chi connectivity index (χ4n) is 2.72. The first-order chi connectivity index (χ1) is 10.1. The molecule has 0 radical (unpaired) electrons. The molecule has 1 N–H and O–H groups in total. The molecule has 21 heavy (non-hydrogen) atoms. The van der Waals surface area contributed by atoms with Crippen molar-refractivity contribution >= 4 is 17.5 Å². The molecule has 116 valence electrons. The maximum Gasteiger partial charge on any atom is 0.255 e. The first-order valence-corrected chi connectivity index (χ1v) is 7.72. The lowest BCUT2D eigenvalue weighted by Crippen LogP contribution is -2.52. The van der Waals surface area contributed by atoms with E-state index in [9.17, 15) is 9.90 Å². The van der Waals surface area contributed by atoms with Crippen LogP contribution in [-0.4, -0.2) is 64.6 Å². The molecule has 2 heterocycles. The summed E-state index contributed by atoms with van der Waals surface area (Å²) in [5.74, 6) is 0.00774. The number of carbonyl (C=O) groups is 1. The number of piperazine rings is 1. The van der Waals surface area contributed by atoms with E-state index in [0.717, 1.165) is 19.5 Å². The van der Waals surface area contributed by atoms with Gasteiger partial charge in [-0.2, -0.15) is 0 Å². The molecule has 0 aromatic carbocycles. The van der Waals surface area contributed by atoms with Crippen LogP contribution in [0.2, 0.25) is 5.15 Å². The van der Waals surface area contributed by atoms with Gasteiger partial charge < -0.3 is 10.0 Å². The monoisotopic (exact) mass is 311 g/mol. The zero-order valence-corrected chi connectivity index (χ0v) is 13.3. The van der Waals surface area contributed by atoms with Crippen LogP contribution in [-0.2, 0) is 0 Å². The van der Waals surface area contributed by atoms with Crippen molar-refractivity contribution in [2.24, 2.45) is 0 Å². The molecule has 1 aliphatic heterocycles. The maximum absolute atomic E-state index is 12.5.